The van der Waals surface area contributed by atoms with Gasteiger partial charge in [0.15, 0.2) is 0 Å². The smallest absolute Gasteiger partial charge is 0.219 e. The summed E-state index contributed by atoms with van der Waals surface area (Å²) < 4.78 is 6.08. The minimum atomic E-state index is 0.0903. The van der Waals surface area contributed by atoms with Crippen LogP contribution in [0.3, 0.4) is 0 Å². The molecule has 88 valence electrons. The van der Waals surface area contributed by atoms with Crippen molar-refractivity contribution in [1.29, 1.82) is 0 Å². The molecule has 1 aromatic carbocycles. The van der Waals surface area contributed by atoms with E-state index in [1.807, 2.05) is 25.1 Å². The predicted octanol–water partition coefficient (Wildman–Crippen LogP) is 2.53. The predicted molar refractivity (Wildman–Crippen MR) is 67.7 cm³/mol. The molecule has 4 heteroatoms. The number of hydrogen-bond acceptors (Lipinski definition) is 2. The molecule has 0 atom stereocenters. The van der Waals surface area contributed by atoms with Gasteiger partial charge in [0.25, 0.3) is 0 Å². The third-order valence-corrected chi connectivity index (χ3v) is 2.89. The molecule has 0 heterocycles. The largest absolute Gasteiger partial charge is 0.496 e. The first-order valence-corrected chi connectivity index (χ1v) is 6.05. The molecule has 0 aromatic heterocycles. The average molecular weight is 286 g/mol. The van der Waals surface area contributed by atoms with Crippen LogP contribution in [-0.2, 0) is 11.2 Å². The Kier molecular flexibility index (Phi) is 5.32. The second-order valence-electron chi connectivity index (χ2n) is 3.42. The highest BCUT2D eigenvalue weighted by Gasteiger charge is 2.02. The third-order valence-electron chi connectivity index (χ3n) is 2.27. The Morgan fingerprint density at radius 2 is 2.25 bits per heavy atom. The van der Waals surface area contributed by atoms with Crippen molar-refractivity contribution in [3.63, 3.8) is 0 Å². The minimum absolute atomic E-state index is 0.0903. The molecule has 1 N–H and O–H groups in total. The summed E-state index contributed by atoms with van der Waals surface area (Å²) in [6.45, 7) is 2.52. The van der Waals surface area contributed by atoms with Gasteiger partial charge in [-0.15, -0.1) is 0 Å². The maximum absolute atomic E-state index is 11.0. The molecule has 0 aliphatic rings. The van der Waals surface area contributed by atoms with E-state index in [4.69, 9.17) is 4.74 Å². The molecule has 0 fully saturated rings. The first-order valence-electron chi connectivity index (χ1n) is 5.26. The minimum Gasteiger partial charge on any atom is -0.496 e. The summed E-state index contributed by atoms with van der Waals surface area (Å²) in [4.78, 5) is 11.0. The summed E-state index contributed by atoms with van der Waals surface area (Å²) >= 11 is 3.43. The van der Waals surface area contributed by atoms with E-state index < -0.39 is 0 Å². The fraction of sp³-hybridized carbons (Fsp3) is 0.417. The van der Waals surface area contributed by atoms with Crippen molar-refractivity contribution in [2.24, 2.45) is 0 Å². The van der Waals surface area contributed by atoms with Gasteiger partial charge in [-0.2, -0.15) is 0 Å². The summed E-state index contributed by atoms with van der Waals surface area (Å²) in [6.07, 6.45) is 1.36. The summed E-state index contributed by atoms with van der Waals surface area (Å²) in [5.41, 5.74) is 1.17. The lowest BCUT2D eigenvalue weighted by Gasteiger charge is -2.07. The first kappa shape index (κ1) is 13.0. The fourth-order valence-electron chi connectivity index (χ4n) is 1.34. The van der Waals surface area contributed by atoms with Crippen LogP contribution >= 0.6 is 15.9 Å². The molecule has 1 amide bonds. The van der Waals surface area contributed by atoms with E-state index in [1.165, 1.54) is 5.56 Å². The Hall–Kier alpha value is -1.03. The molecule has 16 heavy (non-hydrogen) atoms. The average Bonchev–Trinajstić information content (AvgIpc) is 2.29. The van der Waals surface area contributed by atoms with E-state index in [-0.39, 0.29) is 5.91 Å². The van der Waals surface area contributed by atoms with Crippen LogP contribution in [0.4, 0.5) is 0 Å². The summed E-state index contributed by atoms with van der Waals surface area (Å²) in [5.74, 6) is 0.911. The molecule has 1 aromatic rings. The number of ether oxygens (including phenoxy) is 1. The van der Waals surface area contributed by atoms with Gasteiger partial charge in [-0.1, -0.05) is 13.0 Å². The zero-order chi connectivity index (χ0) is 12.0. The summed E-state index contributed by atoms with van der Waals surface area (Å²) in [5, 5.41) is 2.84. The Morgan fingerprint density at radius 3 is 2.81 bits per heavy atom. The second-order valence-corrected chi connectivity index (χ2v) is 4.28. The topological polar surface area (TPSA) is 38.3 Å². The van der Waals surface area contributed by atoms with Crippen molar-refractivity contribution in [2.45, 2.75) is 19.8 Å². The molecule has 0 radical (unpaired) electrons. The second kappa shape index (κ2) is 6.53. The van der Waals surface area contributed by atoms with Gasteiger partial charge in [-0.05, 0) is 40.0 Å². The highest BCUT2D eigenvalue weighted by Crippen LogP contribution is 2.25. The Labute approximate surface area is 104 Å². The zero-order valence-corrected chi connectivity index (χ0v) is 11.1. The number of nitrogens with one attached hydrogen (secondary N) is 1. The van der Waals surface area contributed by atoms with Gasteiger partial charge in [0, 0.05) is 13.0 Å². The molecule has 0 saturated carbocycles. The summed E-state index contributed by atoms with van der Waals surface area (Å²) in [7, 11) is 1.64. The van der Waals surface area contributed by atoms with Crippen LogP contribution in [0.15, 0.2) is 22.7 Å². The first-order chi connectivity index (χ1) is 7.67. The number of rotatable bonds is 5. The molecule has 3 nitrogen and oxygen atoms in total. The Balaban J connectivity index is 2.49. The molecular formula is C12H16BrNO2. The van der Waals surface area contributed by atoms with Gasteiger partial charge >= 0.3 is 0 Å². The maximum atomic E-state index is 11.0. The van der Waals surface area contributed by atoms with Crippen LogP contribution < -0.4 is 10.1 Å². The number of carbonyl (C=O) groups is 1. The van der Waals surface area contributed by atoms with E-state index in [1.54, 1.807) is 7.11 Å². The molecule has 0 saturated heterocycles. The third kappa shape index (κ3) is 3.85. The van der Waals surface area contributed by atoms with Gasteiger partial charge in [-0.25, -0.2) is 0 Å². The molecule has 0 bridgehead atoms. The lowest BCUT2D eigenvalue weighted by atomic mass is 10.1. The van der Waals surface area contributed by atoms with Gasteiger partial charge in [0.2, 0.25) is 5.91 Å². The number of benzene rings is 1. The van der Waals surface area contributed by atoms with E-state index >= 15 is 0 Å². The summed E-state index contributed by atoms with van der Waals surface area (Å²) in [6, 6.07) is 5.93. The monoisotopic (exact) mass is 285 g/mol. The van der Waals surface area contributed by atoms with Crippen LogP contribution in [-0.4, -0.2) is 19.6 Å². The van der Waals surface area contributed by atoms with Crippen molar-refractivity contribution >= 4 is 21.8 Å². The lowest BCUT2D eigenvalue weighted by molar-refractivity contribution is -0.120. The number of hydrogen-bond donors (Lipinski definition) is 1. The van der Waals surface area contributed by atoms with Gasteiger partial charge in [-0.3, -0.25) is 4.79 Å². The Bertz CT molecular complexity index is 366. The molecular weight excluding hydrogens is 270 g/mol. The maximum Gasteiger partial charge on any atom is 0.219 e. The van der Waals surface area contributed by atoms with Crippen LogP contribution in [0.1, 0.15) is 18.9 Å². The quantitative estimate of drug-likeness (QED) is 0.903. The number of methoxy groups -OCH3 is 1. The molecule has 0 unspecified atom stereocenters. The van der Waals surface area contributed by atoms with Gasteiger partial charge in [0.05, 0.1) is 11.6 Å². The van der Waals surface area contributed by atoms with Crippen LogP contribution in [0.2, 0.25) is 0 Å². The SMILES string of the molecule is CCC(=O)NCCc1ccc(OC)c(Br)c1. The fourth-order valence-corrected chi connectivity index (χ4v) is 1.92. The molecule has 0 aliphatic heterocycles. The highest BCUT2D eigenvalue weighted by molar-refractivity contribution is 9.10. The standard InChI is InChI=1S/C12H16BrNO2/c1-3-12(15)14-7-6-9-4-5-11(16-2)10(13)8-9/h4-5,8H,3,6-7H2,1-2H3,(H,14,15). The van der Waals surface area contributed by atoms with Crippen molar-refractivity contribution in [1.82, 2.24) is 5.32 Å². The van der Waals surface area contributed by atoms with Gasteiger partial charge in [0.1, 0.15) is 5.75 Å². The number of halogens is 1. The van der Waals surface area contributed by atoms with Crippen molar-refractivity contribution in [3.8, 4) is 5.75 Å². The van der Waals surface area contributed by atoms with Crippen molar-refractivity contribution < 1.29 is 9.53 Å². The zero-order valence-electron chi connectivity index (χ0n) is 9.55. The number of amides is 1. The molecule has 1 rings (SSSR count). The Morgan fingerprint density at radius 1 is 1.50 bits per heavy atom. The van der Waals surface area contributed by atoms with Crippen molar-refractivity contribution in [2.75, 3.05) is 13.7 Å². The van der Waals surface area contributed by atoms with E-state index in [2.05, 4.69) is 21.2 Å². The highest BCUT2D eigenvalue weighted by atomic mass is 79.9. The van der Waals surface area contributed by atoms with E-state index in [0.717, 1.165) is 16.6 Å². The normalized spacial score (nSPS) is 9.94. The number of carbonyl (C=O) groups excluding carboxylic acids is 1. The van der Waals surface area contributed by atoms with Crippen LogP contribution in [0.25, 0.3) is 0 Å². The molecule has 0 aliphatic carbocycles. The van der Waals surface area contributed by atoms with Crippen LogP contribution in [0, 0.1) is 0 Å². The van der Waals surface area contributed by atoms with E-state index in [9.17, 15) is 4.79 Å². The molecule has 0 spiro atoms. The lowest BCUT2D eigenvalue weighted by Crippen LogP contribution is -2.24. The van der Waals surface area contributed by atoms with E-state index in [0.29, 0.717) is 13.0 Å². The van der Waals surface area contributed by atoms with Crippen LogP contribution in [0.5, 0.6) is 5.75 Å². The van der Waals surface area contributed by atoms with Gasteiger partial charge < -0.3 is 10.1 Å². The van der Waals surface area contributed by atoms with Crippen molar-refractivity contribution in [3.05, 3.63) is 28.2 Å².